The Labute approximate surface area is 87.0 Å². The van der Waals surface area contributed by atoms with E-state index < -0.39 is 0 Å². The number of hydrogen-bond donors (Lipinski definition) is 0. The lowest BCUT2D eigenvalue weighted by Crippen LogP contribution is -2.38. The number of hydrogen-bond acceptors (Lipinski definition) is 2. The normalized spacial score (nSPS) is 32.4. The molecule has 14 heavy (non-hydrogen) atoms. The van der Waals surface area contributed by atoms with Crippen molar-refractivity contribution < 1.29 is 9.47 Å². The summed E-state index contributed by atoms with van der Waals surface area (Å²) in [6.07, 6.45) is 4.50. The van der Waals surface area contributed by atoms with Gasteiger partial charge in [-0.2, -0.15) is 0 Å². The molecular formula is C12H22O2. The maximum atomic E-state index is 5.83. The number of rotatable bonds is 0. The summed E-state index contributed by atoms with van der Waals surface area (Å²) in [5, 5.41) is 0. The summed E-state index contributed by atoms with van der Waals surface area (Å²) in [7, 11) is 0. The van der Waals surface area contributed by atoms with Crippen molar-refractivity contribution >= 4 is 0 Å². The fourth-order valence-electron chi connectivity index (χ4n) is 2.59. The van der Waals surface area contributed by atoms with E-state index in [-0.39, 0.29) is 5.79 Å². The maximum absolute atomic E-state index is 5.83. The molecule has 2 nitrogen and oxygen atoms in total. The van der Waals surface area contributed by atoms with Crippen molar-refractivity contribution in [3.8, 4) is 0 Å². The molecular weight excluding hydrogens is 176 g/mol. The lowest BCUT2D eigenvalue weighted by atomic mass is 9.79. The molecule has 1 heterocycles. The van der Waals surface area contributed by atoms with Crippen molar-refractivity contribution in [2.75, 3.05) is 13.2 Å². The minimum atomic E-state index is -0.198. The molecule has 1 unspecified atom stereocenters. The minimum absolute atomic E-state index is 0.198. The maximum Gasteiger partial charge on any atom is 0.168 e. The Morgan fingerprint density at radius 1 is 1.14 bits per heavy atom. The van der Waals surface area contributed by atoms with Gasteiger partial charge in [-0.05, 0) is 24.2 Å². The second kappa shape index (κ2) is 3.49. The first-order chi connectivity index (χ1) is 6.52. The van der Waals surface area contributed by atoms with Crippen LogP contribution in [0.1, 0.15) is 46.5 Å². The molecule has 0 N–H and O–H groups in total. The number of ether oxygens (including phenoxy) is 2. The van der Waals surface area contributed by atoms with Crippen molar-refractivity contribution in [3.05, 3.63) is 0 Å². The Kier molecular flexibility index (Phi) is 2.61. The molecule has 0 bridgehead atoms. The van der Waals surface area contributed by atoms with E-state index in [1.165, 1.54) is 6.42 Å². The third kappa shape index (κ3) is 1.96. The first-order valence-electron chi connectivity index (χ1n) is 5.80. The van der Waals surface area contributed by atoms with Gasteiger partial charge in [-0.15, -0.1) is 0 Å². The van der Waals surface area contributed by atoms with E-state index in [9.17, 15) is 0 Å². The molecule has 1 spiro atoms. The van der Waals surface area contributed by atoms with Gasteiger partial charge in [0.2, 0.25) is 0 Å². The van der Waals surface area contributed by atoms with Crippen molar-refractivity contribution in [1.82, 2.24) is 0 Å². The second-order valence-electron chi connectivity index (χ2n) is 5.77. The third-order valence-corrected chi connectivity index (χ3v) is 3.67. The van der Waals surface area contributed by atoms with E-state index >= 15 is 0 Å². The molecule has 0 radical (unpaired) electrons. The molecule has 1 aliphatic heterocycles. The van der Waals surface area contributed by atoms with E-state index in [0.29, 0.717) is 5.41 Å². The van der Waals surface area contributed by atoms with Gasteiger partial charge in [0.1, 0.15) is 0 Å². The summed E-state index contributed by atoms with van der Waals surface area (Å²) in [5.41, 5.74) is 0.396. The average molecular weight is 198 g/mol. The zero-order valence-corrected chi connectivity index (χ0v) is 9.64. The summed E-state index contributed by atoms with van der Waals surface area (Å²) < 4.78 is 11.7. The van der Waals surface area contributed by atoms with Crippen molar-refractivity contribution in [2.24, 2.45) is 11.3 Å². The van der Waals surface area contributed by atoms with E-state index in [1.54, 1.807) is 0 Å². The molecule has 0 aromatic carbocycles. The summed E-state index contributed by atoms with van der Waals surface area (Å²) in [5.74, 6) is 0.552. The van der Waals surface area contributed by atoms with Gasteiger partial charge in [0.15, 0.2) is 5.79 Å². The van der Waals surface area contributed by atoms with Crippen LogP contribution >= 0.6 is 0 Å². The monoisotopic (exact) mass is 198 g/mol. The predicted molar refractivity (Wildman–Crippen MR) is 56.0 cm³/mol. The fourth-order valence-corrected chi connectivity index (χ4v) is 2.59. The lowest BCUT2D eigenvalue weighted by Gasteiger charge is -2.35. The molecule has 82 valence electrons. The Bertz CT molecular complexity index is 199. The fraction of sp³-hybridized carbons (Fsp3) is 1.00. The van der Waals surface area contributed by atoms with Crippen LogP contribution in [-0.4, -0.2) is 19.0 Å². The molecule has 2 heteroatoms. The summed E-state index contributed by atoms with van der Waals surface area (Å²) >= 11 is 0. The van der Waals surface area contributed by atoms with Crippen LogP contribution in [-0.2, 0) is 9.47 Å². The average Bonchev–Trinajstić information content (AvgIpc) is 2.50. The zero-order chi connectivity index (χ0) is 10.2. The Hall–Kier alpha value is -0.0800. The third-order valence-electron chi connectivity index (χ3n) is 3.67. The van der Waals surface area contributed by atoms with Gasteiger partial charge in [0.25, 0.3) is 0 Å². The Balaban J connectivity index is 1.99. The van der Waals surface area contributed by atoms with Crippen molar-refractivity contribution in [2.45, 2.75) is 52.2 Å². The van der Waals surface area contributed by atoms with E-state index in [4.69, 9.17) is 9.47 Å². The first kappa shape index (κ1) is 10.4. The topological polar surface area (TPSA) is 18.5 Å². The molecule has 0 amide bonds. The highest BCUT2D eigenvalue weighted by Crippen LogP contribution is 2.47. The van der Waals surface area contributed by atoms with E-state index in [0.717, 1.165) is 38.4 Å². The van der Waals surface area contributed by atoms with Gasteiger partial charge >= 0.3 is 0 Å². The van der Waals surface area contributed by atoms with Crippen LogP contribution in [0.15, 0.2) is 0 Å². The first-order valence-corrected chi connectivity index (χ1v) is 5.80. The standard InChI is InChI=1S/C12H22O2/c1-11(2,3)10-5-6-12(9-10)13-7-4-8-14-12/h10H,4-9H2,1-3H3. The van der Waals surface area contributed by atoms with E-state index in [2.05, 4.69) is 20.8 Å². The summed E-state index contributed by atoms with van der Waals surface area (Å²) in [6.45, 7) is 8.73. The summed E-state index contributed by atoms with van der Waals surface area (Å²) in [4.78, 5) is 0. The predicted octanol–water partition coefficient (Wildman–Crippen LogP) is 2.97. The molecule has 2 aliphatic rings. The smallest absolute Gasteiger partial charge is 0.168 e. The largest absolute Gasteiger partial charge is 0.350 e. The quantitative estimate of drug-likeness (QED) is 0.596. The van der Waals surface area contributed by atoms with Gasteiger partial charge in [0.05, 0.1) is 13.2 Å². The minimum Gasteiger partial charge on any atom is -0.350 e. The van der Waals surface area contributed by atoms with Crippen molar-refractivity contribution in [1.29, 1.82) is 0 Å². The van der Waals surface area contributed by atoms with Crippen LogP contribution in [0.25, 0.3) is 0 Å². The van der Waals surface area contributed by atoms with Crippen LogP contribution in [0.2, 0.25) is 0 Å². The van der Waals surface area contributed by atoms with E-state index in [1.807, 2.05) is 0 Å². The van der Waals surface area contributed by atoms with Gasteiger partial charge in [-0.3, -0.25) is 0 Å². The SMILES string of the molecule is CC(C)(C)C1CCC2(C1)OCCCO2. The molecule has 0 aromatic rings. The van der Waals surface area contributed by atoms with Crippen molar-refractivity contribution in [3.63, 3.8) is 0 Å². The van der Waals surface area contributed by atoms with Crippen LogP contribution in [0.3, 0.4) is 0 Å². The molecule has 0 aromatic heterocycles. The lowest BCUT2D eigenvalue weighted by molar-refractivity contribution is -0.264. The molecule has 1 aliphatic carbocycles. The molecule has 1 saturated carbocycles. The van der Waals surface area contributed by atoms with Gasteiger partial charge in [-0.1, -0.05) is 20.8 Å². The van der Waals surface area contributed by atoms with Gasteiger partial charge in [-0.25, -0.2) is 0 Å². The molecule has 1 atom stereocenters. The van der Waals surface area contributed by atoms with Crippen LogP contribution in [0.4, 0.5) is 0 Å². The molecule has 2 rings (SSSR count). The highest BCUT2D eigenvalue weighted by molar-refractivity contribution is 4.90. The molecule has 2 fully saturated rings. The van der Waals surface area contributed by atoms with Crippen LogP contribution < -0.4 is 0 Å². The highest BCUT2D eigenvalue weighted by Gasteiger charge is 2.45. The Morgan fingerprint density at radius 3 is 2.29 bits per heavy atom. The Morgan fingerprint density at radius 2 is 1.79 bits per heavy atom. The summed E-state index contributed by atoms with van der Waals surface area (Å²) in [6, 6.07) is 0. The van der Waals surface area contributed by atoms with Gasteiger partial charge in [0, 0.05) is 12.8 Å². The second-order valence-corrected chi connectivity index (χ2v) is 5.77. The highest BCUT2D eigenvalue weighted by atomic mass is 16.7. The van der Waals surface area contributed by atoms with Crippen LogP contribution in [0, 0.1) is 11.3 Å². The zero-order valence-electron chi connectivity index (χ0n) is 9.64. The molecule has 1 saturated heterocycles. The van der Waals surface area contributed by atoms with Gasteiger partial charge < -0.3 is 9.47 Å². The van der Waals surface area contributed by atoms with Crippen LogP contribution in [0.5, 0.6) is 0 Å².